The fraction of sp³-hybridized carbons (Fsp3) is 0.529. The molecule has 0 fully saturated rings. The van der Waals surface area contributed by atoms with Crippen molar-refractivity contribution in [3.05, 3.63) is 16.0 Å². The maximum Gasteiger partial charge on any atom is 0.306 e. The van der Waals surface area contributed by atoms with Gasteiger partial charge >= 0.3 is 5.97 Å². The van der Waals surface area contributed by atoms with Crippen LogP contribution in [0.1, 0.15) is 55.0 Å². The van der Waals surface area contributed by atoms with Gasteiger partial charge in [0.15, 0.2) is 5.11 Å². The van der Waals surface area contributed by atoms with E-state index in [2.05, 4.69) is 16.7 Å². The Morgan fingerprint density at radius 2 is 2.08 bits per heavy atom. The molecule has 8 heteroatoms. The van der Waals surface area contributed by atoms with E-state index in [9.17, 15) is 14.9 Å². The van der Waals surface area contributed by atoms with E-state index in [1.54, 1.807) is 0 Å². The Morgan fingerprint density at radius 1 is 1.32 bits per heavy atom. The SMILES string of the molecule is CCCOC(=O)CCC(=O)NC(=S)Nc1sc2c(c1C#N)CCCC2. The van der Waals surface area contributed by atoms with Gasteiger partial charge in [0, 0.05) is 11.3 Å². The molecule has 0 spiro atoms. The van der Waals surface area contributed by atoms with Crippen LogP contribution in [-0.4, -0.2) is 23.6 Å². The first-order valence-electron chi connectivity index (χ1n) is 8.36. The van der Waals surface area contributed by atoms with Gasteiger partial charge in [-0.25, -0.2) is 0 Å². The van der Waals surface area contributed by atoms with Crippen molar-refractivity contribution in [2.45, 2.75) is 51.9 Å². The summed E-state index contributed by atoms with van der Waals surface area (Å²) < 4.78 is 4.92. The number of nitrogens with zero attached hydrogens (tertiary/aromatic N) is 1. The first-order valence-corrected chi connectivity index (χ1v) is 9.58. The summed E-state index contributed by atoms with van der Waals surface area (Å²) in [6.45, 7) is 2.27. The average molecular weight is 380 g/mol. The third-order valence-corrected chi connectivity index (χ3v) is 5.20. The molecule has 25 heavy (non-hydrogen) atoms. The minimum absolute atomic E-state index is 0.0103. The molecule has 0 atom stereocenters. The van der Waals surface area contributed by atoms with Gasteiger partial charge in [-0.15, -0.1) is 11.3 Å². The number of carbonyl (C=O) groups is 2. The Balaban J connectivity index is 1.86. The maximum absolute atomic E-state index is 11.9. The Labute approximate surface area is 156 Å². The van der Waals surface area contributed by atoms with Crippen LogP contribution in [0.3, 0.4) is 0 Å². The molecule has 1 aliphatic rings. The molecular weight excluding hydrogens is 358 g/mol. The number of nitriles is 1. The van der Waals surface area contributed by atoms with Crippen LogP contribution in [-0.2, 0) is 27.2 Å². The van der Waals surface area contributed by atoms with Crippen LogP contribution < -0.4 is 10.6 Å². The quantitative estimate of drug-likeness (QED) is 0.583. The van der Waals surface area contributed by atoms with Crippen molar-refractivity contribution in [3.63, 3.8) is 0 Å². The molecule has 1 aliphatic carbocycles. The zero-order chi connectivity index (χ0) is 18.2. The lowest BCUT2D eigenvalue weighted by Crippen LogP contribution is -2.34. The second kappa shape index (κ2) is 9.49. The monoisotopic (exact) mass is 379 g/mol. The van der Waals surface area contributed by atoms with E-state index in [1.165, 1.54) is 16.2 Å². The molecule has 6 nitrogen and oxygen atoms in total. The van der Waals surface area contributed by atoms with E-state index in [0.29, 0.717) is 17.2 Å². The molecule has 134 valence electrons. The molecular formula is C17H21N3O3S2. The summed E-state index contributed by atoms with van der Waals surface area (Å²) in [5.41, 5.74) is 1.73. The Hall–Kier alpha value is -1.98. The van der Waals surface area contributed by atoms with Crippen molar-refractivity contribution in [3.8, 4) is 6.07 Å². The normalized spacial score (nSPS) is 12.6. The number of esters is 1. The maximum atomic E-state index is 11.9. The van der Waals surface area contributed by atoms with Gasteiger partial charge in [-0.2, -0.15) is 5.26 Å². The second-order valence-corrected chi connectivity index (χ2v) is 7.26. The van der Waals surface area contributed by atoms with Crippen LogP contribution in [0.4, 0.5) is 5.00 Å². The second-order valence-electron chi connectivity index (χ2n) is 5.75. The van der Waals surface area contributed by atoms with Gasteiger partial charge < -0.3 is 15.4 Å². The summed E-state index contributed by atoms with van der Waals surface area (Å²) >= 11 is 6.67. The summed E-state index contributed by atoms with van der Waals surface area (Å²) in [5, 5.41) is 15.7. The van der Waals surface area contributed by atoms with E-state index < -0.39 is 5.97 Å². The number of amides is 1. The number of fused-ring (bicyclic) bond motifs is 1. The van der Waals surface area contributed by atoms with Gasteiger partial charge in [-0.1, -0.05) is 6.92 Å². The summed E-state index contributed by atoms with van der Waals surface area (Å²) in [7, 11) is 0. The van der Waals surface area contributed by atoms with Crippen molar-refractivity contribution in [2.75, 3.05) is 11.9 Å². The predicted octanol–water partition coefficient (Wildman–Crippen LogP) is 3.04. The number of hydrogen-bond acceptors (Lipinski definition) is 6. The van der Waals surface area contributed by atoms with Crippen LogP contribution in [0.25, 0.3) is 0 Å². The Kier molecular flexibility index (Phi) is 7.34. The standard InChI is InChI=1S/C17H21N3O3S2/c1-2-9-23-15(22)8-7-14(21)19-17(24)20-16-12(10-18)11-5-3-4-6-13(11)25-16/h2-9H2,1H3,(H2,19,20,21,24). The van der Waals surface area contributed by atoms with E-state index in [0.717, 1.165) is 37.7 Å². The first-order chi connectivity index (χ1) is 12.0. The van der Waals surface area contributed by atoms with Gasteiger partial charge in [0.25, 0.3) is 0 Å². The van der Waals surface area contributed by atoms with Gasteiger partial charge in [0.1, 0.15) is 11.1 Å². The molecule has 0 aliphatic heterocycles. The third kappa shape index (κ3) is 5.51. The lowest BCUT2D eigenvalue weighted by molar-refractivity contribution is -0.144. The largest absolute Gasteiger partial charge is 0.466 e. The smallest absolute Gasteiger partial charge is 0.306 e. The highest BCUT2D eigenvalue weighted by atomic mass is 32.1. The molecule has 1 aromatic rings. The number of thiocarbonyl (C=S) groups is 1. The minimum Gasteiger partial charge on any atom is -0.466 e. The molecule has 1 heterocycles. The molecule has 0 bridgehead atoms. The molecule has 0 radical (unpaired) electrons. The zero-order valence-electron chi connectivity index (χ0n) is 14.1. The minimum atomic E-state index is -0.395. The number of thiophene rings is 1. The highest BCUT2D eigenvalue weighted by molar-refractivity contribution is 7.80. The number of nitrogens with one attached hydrogen (secondary N) is 2. The van der Waals surface area contributed by atoms with Gasteiger partial charge in [0.05, 0.1) is 18.6 Å². The first kappa shape index (κ1) is 19.3. The van der Waals surface area contributed by atoms with Crippen LogP contribution in [0.15, 0.2) is 0 Å². The lowest BCUT2D eigenvalue weighted by atomic mass is 9.96. The molecule has 0 saturated heterocycles. The van der Waals surface area contributed by atoms with E-state index >= 15 is 0 Å². The van der Waals surface area contributed by atoms with Gasteiger partial charge in [-0.05, 0) is 49.9 Å². The van der Waals surface area contributed by atoms with Crippen molar-refractivity contribution in [1.82, 2.24) is 5.32 Å². The highest BCUT2D eigenvalue weighted by Crippen LogP contribution is 2.37. The van der Waals surface area contributed by atoms with Crippen LogP contribution >= 0.6 is 23.6 Å². The molecule has 1 aromatic heterocycles. The fourth-order valence-electron chi connectivity index (χ4n) is 2.60. The van der Waals surface area contributed by atoms with Crippen molar-refractivity contribution >= 4 is 45.5 Å². The highest BCUT2D eigenvalue weighted by Gasteiger charge is 2.21. The van der Waals surface area contributed by atoms with Crippen LogP contribution in [0, 0.1) is 11.3 Å². The summed E-state index contributed by atoms with van der Waals surface area (Å²) in [4.78, 5) is 24.5. The predicted molar refractivity (Wildman–Crippen MR) is 101 cm³/mol. The van der Waals surface area contributed by atoms with Gasteiger partial charge in [0.2, 0.25) is 5.91 Å². The zero-order valence-corrected chi connectivity index (χ0v) is 15.8. The van der Waals surface area contributed by atoms with Crippen LogP contribution in [0.2, 0.25) is 0 Å². The number of aryl methyl sites for hydroxylation is 1. The number of carbonyl (C=O) groups excluding carboxylic acids is 2. The lowest BCUT2D eigenvalue weighted by Gasteiger charge is -2.10. The summed E-state index contributed by atoms with van der Waals surface area (Å²) in [6.07, 6.45) is 4.89. The number of ether oxygens (including phenoxy) is 1. The van der Waals surface area contributed by atoms with Crippen molar-refractivity contribution in [1.29, 1.82) is 5.26 Å². The number of hydrogen-bond donors (Lipinski definition) is 2. The molecule has 2 N–H and O–H groups in total. The van der Waals surface area contributed by atoms with E-state index in [-0.39, 0.29) is 23.9 Å². The molecule has 0 saturated carbocycles. The van der Waals surface area contributed by atoms with Gasteiger partial charge in [-0.3, -0.25) is 9.59 Å². The molecule has 2 rings (SSSR count). The molecule has 0 aromatic carbocycles. The Morgan fingerprint density at radius 3 is 2.80 bits per heavy atom. The van der Waals surface area contributed by atoms with Crippen molar-refractivity contribution < 1.29 is 14.3 Å². The van der Waals surface area contributed by atoms with Crippen molar-refractivity contribution in [2.24, 2.45) is 0 Å². The topological polar surface area (TPSA) is 91.2 Å². The summed E-state index contributed by atoms with van der Waals surface area (Å²) in [6, 6.07) is 2.24. The average Bonchev–Trinajstić information content (AvgIpc) is 2.94. The van der Waals surface area contributed by atoms with E-state index in [4.69, 9.17) is 17.0 Å². The fourth-order valence-corrected chi connectivity index (χ4v) is 4.12. The number of rotatable bonds is 6. The molecule has 1 amide bonds. The van der Waals surface area contributed by atoms with Crippen LogP contribution in [0.5, 0.6) is 0 Å². The summed E-state index contributed by atoms with van der Waals surface area (Å²) in [5.74, 6) is -0.751. The molecule has 0 unspecified atom stereocenters. The third-order valence-electron chi connectivity index (χ3n) is 3.79. The number of anilines is 1. The Bertz CT molecular complexity index is 707. The van der Waals surface area contributed by atoms with E-state index in [1.807, 2.05) is 6.92 Å².